The summed E-state index contributed by atoms with van der Waals surface area (Å²) in [6.45, 7) is 6.10. The van der Waals surface area contributed by atoms with E-state index in [1.165, 1.54) is 0 Å². The number of carbonyl (C=O) groups excluding carboxylic acids is 1. The molecule has 1 aliphatic rings. The largest absolute Gasteiger partial charge is 0.387 e. The molecular formula is C18H25N3O2S. The molecule has 130 valence electrons. The van der Waals surface area contributed by atoms with Crippen molar-refractivity contribution >= 4 is 17.2 Å². The van der Waals surface area contributed by atoms with Crippen molar-refractivity contribution in [1.29, 1.82) is 0 Å². The quantitative estimate of drug-likeness (QED) is 0.905. The number of aliphatic hydroxyl groups is 1. The minimum atomic E-state index is -0.392. The highest BCUT2D eigenvalue weighted by molar-refractivity contribution is 7.10. The Morgan fingerprint density at radius 3 is 2.75 bits per heavy atom. The van der Waals surface area contributed by atoms with Crippen LogP contribution >= 0.6 is 11.3 Å². The predicted molar refractivity (Wildman–Crippen MR) is 94.9 cm³/mol. The number of carbonyl (C=O) groups is 1. The van der Waals surface area contributed by atoms with Gasteiger partial charge in [0.1, 0.15) is 0 Å². The first kappa shape index (κ1) is 17.2. The Hall–Kier alpha value is -1.66. The SMILES string of the molecule is Cc1cc(C)n(CCC(=O)N2CCC([C@H](O)c3cccs3)CC2)n1. The molecule has 1 aliphatic heterocycles. The van der Waals surface area contributed by atoms with Gasteiger partial charge in [0.05, 0.1) is 11.8 Å². The van der Waals surface area contributed by atoms with E-state index in [2.05, 4.69) is 5.10 Å². The molecule has 6 heteroatoms. The third kappa shape index (κ3) is 3.87. The second-order valence-electron chi connectivity index (χ2n) is 6.58. The maximum atomic E-state index is 12.4. The van der Waals surface area contributed by atoms with Crippen molar-refractivity contribution in [2.24, 2.45) is 5.92 Å². The first-order valence-corrected chi connectivity index (χ1v) is 9.43. The number of aryl methyl sites for hydroxylation is 3. The molecule has 1 fully saturated rings. The van der Waals surface area contributed by atoms with Gasteiger partial charge in [0.25, 0.3) is 0 Å². The van der Waals surface area contributed by atoms with Crippen LogP contribution in [0.2, 0.25) is 0 Å². The second kappa shape index (κ2) is 7.49. The van der Waals surface area contributed by atoms with Crippen LogP contribution < -0.4 is 0 Å². The monoisotopic (exact) mass is 347 g/mol. The van der Waals surface area contributed by atoms with Crippen molar-refractivity contribution in [3.05, 3.63) is 39.8 Å². The van der Waals surface area contributed by atoms with E-state index in [4.69, 9.17) is 0 Å². The van der Waals surface area contributed by atoms with E-state index in [1.807, 2.05) is 47.0 Å². The van der Waals surface area contributed by atoms with Crippen molar-refractivity contribution in [3.8, 4) is 0 Å². The molecule has 3 heterocycles. The van der Waals surface area contributed by atoms with E-state index in [0.717, 1.165) is 42.2 Å². The molecule has 0 unspecified atom stereocenters. The van der Waals surface area contributed by atoms with Gasteiger partial charge in [0, 0.05) is 36.6 Å². The van der Waals surface area contributed by atoms with Crippen LogP contribution in [0.25, 0.3) is 0 Å². The summed E-state index contributed by atoms with van der Waals surface area (Å²) in [6.07, 6.45) is 1.83. The Morgan fingerprint density at radius 2 is 2.17 bits per heavy atom. The number of thiophene rings is 1. The van der Waals surface area contributed by atoms with Crippen LogP contribution in [-0.4, -0.2) is 38.8 Å². The third-order valence-corrected chi connectivity index (χ3v) is 5.76. The normalized spacial score (nSPS) is 17.2. The lowest BCUT2D eigenvalue weighted by atomic mass is 9.90. The first-order chi connectivity index (χ1) is 11.5. The van der Waals surface area contributed by atoms with Crippen molar-refractivity contribution in [1.82, 2.24) is 14.7 Å². The summed E-state index contributed by atoms with van der Waals surface area (Å²) in [5, 5.41) is 16.8. The molecule has 2 aromatic heterocycles. The minimum absolute atomic E-state index is 0.187. The van der Waals surface area contributed by atoms with Gasteiger partial charge in [-0.25, -0.2) is 0 Å². The Labute approximate surface area is 146 Å². The van der Waals surface area contributed by atoms with Crippen LogP contribution in [-0.2, 0) is 11.3 Å². The molecule has 24 heavy (non-hydrogen) atoms. The Balaban J connectivity index is 1.47. The number of hydrogen-bond donors (Lipinski definition) is 1. The number of aliphatic hydroxyl groups excluding tert-OH is 1. The van der Waals surface area contributed by atoms with Crippen LogP contribution in [0.4, 0.5) is 0 Å². The number of aromatic nitrogens is 2. The molecule has 0 saturated carbocycles. The molecule has 1 N–H and O–H groups in total. The van der Waals surface area contributed by atoms with E-state index >= 15 is 0 Å². The Morgan fingerprint density at radius 1 is 1.42 bits per heavy atom. The summed E-state index contributed by atoms with van der Waals surface area (Å²) < 4.78 is 1.90. The van der Waals surface area contributed by atoms with Gasteiger partial charge in [-0.15, -0.1) is 11.3 Å². The highest BCUT2D eigenvalue weighted by Crippen LogP contribution is 2.33. The summed E-state index contributed by atoms with van der Waals surface area (Å²) in [6, 6.07) is 5.99. The maximum Gasteiger partial charge on any atom is 0.224 e. The molecular weight excluding hydrogens is 322 g/mol. The van der Waals surface area contributed by atoms with E-state index in [0.29, 0.717) is 13.0 Å². The summed E-state index contributed by atoms with van der Waals surface area (Å²) in [4.78, 5) is 15.4. The van der Waals surface area contributed by atoms with E-state index < -0.39 is 6.10 Å². The molecule has 1 atom stereocenters. The standard InChI is InChI=1S/C18H25N3O2S/c1-13-12-14(2)21(19-13)10-7-17(22)20-8-5-15(6-9-20)18(23)16-4-3-11-24-16/h3-4,11-12,15,18,23H,5-10H2,1-2H3/t18-/m0/s1. The molecule has 0 aliphatic carbocycles. The second-order valence-corrected chi connectivity index (χ2v) is 7.56. The van der Waals surface area contributed by atoms with E-state index in [9.17, 15) is 9.90 Å². The molecule has 5 nitrogen and oxygen atoms in total. The summed E-state index contributed by atoms with van der Waals surface area (Å²) in [5.74, 6) is 0.440. The molecule has 1 saturated heterocycles. The number of hydrogen-bond acceptors (Lipinski definition) is 4. The summed E-state index contributed by atoms with van der Waals surface area (Å²) in [7, 11) is 0. The van der Waals surface area contributed by atoms with Gasteiger partial charge < -0.3 is 10.0 Å². The Kier molecular flexibility index (Phi) is 5.36. The third-order valence-electron chi connectivity index (χ3n) is 4.81. The molecule has 0 spiro atoms. The molecule has 0 radical (unpaired) electrons. The zero-order valence-corrected chi connectivity index (χ0v) is 15.1. The summed E-state index contributed by atoms with van der Waals surface area (Å²) >= 11 is 1.60. The minimum Gasteiger partial charge on any atom is -0.387 e. The van der Waals surface area contributed by atoms with Crippen LogP contribution in [0.5, 0.6) is 0 Å². The number of likely N-dealkylation sites (tertiary alicyclic amines) is 1. The lowest BCUT2D eigenvalue weighted by Crippen LogP contribution is -2.40. The molecule has 3 rings (SSSR count). The molecule has 0 bridgehead atoms. The highest BCUT2D eigenvalue weighted by atomic mass is 32.1. The zero-order valence-electron chi connectivity index (χ0n) is 14.3. The lowest BCUT2D eigenvalue weighted by molar-refractivity contribution is -0.133. The van der Waals surface area contributed by atoms with Crippen LogP contribution in [0.1, 0.15) is 41.6 Å². The first-order valence-electron chi connectivity index (χ1n) is 8.55. The van der Waals surface area contributed by atoms with Crippen molar-refractivity contribution < 1.29 is 9.90 Å². The summed E-state index contributed by atoms with van der Waals surface area (Å²) in [5.41, 5.74) is 2.08. The van der Waals surface area contributed by atoms with Gasteiger partial charge in [0.2, 0.25) is 5.91 Å². The zero-order chi connectivity index (χ0) is 17.1. The van der Waals surface area contributed by atoms with Gasteiger partial charge in [-0.2, -0.15) is 5.10 Å². The fraction of sp³-hybridized carbons (Fsp3) is 0.556. The van der Waals surface area contributed by atoms with E-state index in [-0.39, 0.29) is 11.8 Å². The van der Waals surface area contributed by atoms with Crippen LogP contribution in [0.3, 0.4) is 0 Å². The van der Waals surface area contributed by atoms with Gasteiger partial charge in [-0.3, -0.25) is 9.48 Å². The topological polar surface area (TPSA) is 58.4 Å². The fourth-order valence-corrected chi connectivity index (χ4v) is 4.22. The molecule has 0 aromatic carbocycles. The van der Waals surface area contributed by atoms with Crippen LogP contribution in [0.15, 0.2) is 23.6 Å². The van der Waals surface area contributed by atoms with Crippen molar-refractivity contribution in [2.75, 3.05) is 13.1 Å². The smallest absolute Gasteiger partial charge is 0.224 e. The predicted octanol–water partition coefficient (Wildman–Crippen LogP) is 2.92. The van der Waals surface area contributed by atoms with Gasteiger partial charge >= 0.3 is 0 Å². The highest BCUT2D eigenvalue weighted by Gasteiger charge is 2.28. The van der Waals surface area contributed by atoms with E-state index in [1.54, 1.807) is 11.3 Å². The number of rotatable bonds is 5. The maximum absolute atomic E-state index is 12.4. The Bertz CT molecular complexity index is 673. The van der Waals surface area contributed by atoms with Gasteiger partial charge in [-0.1, -0.05) is 6.07 Å². The van der Waals surface area contributed by atoms with Crippen molar-refractivity contribution in [3.63, 3.8) is 0 Å². The number of amides is 1. The average Bonchev–Trinajstić information content (AvgIpc) is 3.22. The molecule has 1 amide bonds. The number of piperidine rings is 1. The number of nitrogens with zero attached hydrogens (tertiary/aromatic N) is 3. The molecule has 2 aromatic rings. The van der Waals surface area contributed by atoms with Gasteiger partial charge in [-0.05, 0) is 50.1 Å². The van der Waals surface area contributed by atoms with Gasteiger partial charge in [0.15, 0.2) is 0 Å². The van der Waals surface area contributed by atoms with Crippen molar-refractivity contribution in [2.45, 2.75) is 45.8 Å². The fourth-order valence-electron chi connectivity index (χ4n) is 3.42. The average molecular weight is 347 g/mol. The van der Waals surface area contributed by atoms with Crippen LogP contribution in [0, 0.1) is 19.8 Å². The lowest BCUT2D eigenvalue weighted by Gasteiger charge is -2.34.